The van der Waals surface area contributed by atoms with Crippen molar-refractivity contribution in [2.45, 2.75) is 12.5 Å². The SMILES string of the molecule is Nc1ncnc(NC2CCOC2)c1Br. The molecule has 0 amide bonds. The van der Waals surface area contributed by atoms with E-state index in [4.69, 9.17) is 10.5 Å². The number of aromatic nitrogens is 2. The molecule has 0 bridgehead atoms. The van der Waals surface area contributed by atoms with Gasteiger partial charge in [-0.2, -0.15) is 0 Å². The molecule has 76 valence electrons. The molecule has 1 aromatic rings. The summed E-state index contributed by atoms with van der Waals surface area (Å²) in [6.07, 6.45) is 2.44. The second kappa shape index (κ2) is 4.10. The highest BCUT2D eigenvalue weighted by molar-refractivity contribution is 9.10. The molecule has 2 rings (SSSR count). The van der Waals surface area contributed by atoms with Gasteiger partial charge in [-0.05, 0) is 22.4 Å². The first-order valence-corrected chi connectivity index (χ1v) is 5.17. The highest BCUT2D eigenvalue weighted by atomic mass is 79.9. The van der Waals surface area contributed by atoms with Gasteiger partial charge in [0.15, 0.2) is 0 Å². The van der Waals surface area contributed by atoms with Crippen LogP contribution in [-0.4, -0.2) is 29.2 Å². The van der Waals surface area contributed by atoms with E-state index in [9.17, 15) is 0 Å². The van der Waals surface area contributed by atoms with Crippen LogP contribution in [0.5, 0.6) is 0 Å². The summed E-state index contributed by atoms with van der Waals surface area (Å²) in [6, 6.07) is 0.320. The van der Waals surface area contributed by atoms with Crippen LogP contribution in [0.15, 0.2) is 10.8 Å². The Labute approximate surface area is 90.2 Å². The van der Waals surface area contributed by atoms with Crippen molar-refractivity contribution in [1.82, 2.24) is 9.97 Å². The quantitative estimate of drug-likeness (QED) is 0.829. The maximum atomic E-state index is 5.63. The van der Waals surface area contributed by atoms with Gasteiger partial charge in [0.2, 0.25) is 0 Å². The van der Waals surface area contributed by atoms with Crippen molar-refractivity contribution in [3.63, 3.8) is 0 Å². The Morgan fingerprint density at radius 2 is 2.43 bits per heavy atom. The van der Waals surface area contributed by atoms with E-state index in [1.54, 1.807) is 0 Å². The highest BCUT2D eigenvalue weighted by Gasteiger charge is 2.17. The van der Waals surface area contributed by atoms with Crippen molar-refractivity contribution >= 4 is 27.6 Å². The molecule has 0 saturated carbocycles. The summed E-state index contributed by atoms with van der Waals surface area (Å²) in [5.74, 6) is 1.18. The van der Waals surface area contributed by atoms with Gasteiger partial charge in [0.25, 0.3) is 0 Å². The molecule has 1 aromatic heterocycles. The van der Waals surface area contributed by atoms with Crippen molar-refractivity contribution in [2.24, 2.45) is 0 Å². The maximum Gasteiger partial charge on any atom is 0.146 e. The number of nitrogens with two attached hydrogens (primary N) is 1. The summed E-state index contributed by atoms with van der Waals surface area (Å²) in [7, 11) is 0. The molecular weight excluding hydrogens is 248 g/mol. The van der Waals surface area contributed by atoms with Gasteiger partial charge in [-0.1, -0.05) is 0 Å². The number of nitrogen functional groups attached to an aromatic ring is 1. The van der Waals surface area contributed by atoms with Gasteiger partial charge in [0, 0.05) is 6.61 Å². The normalized spacial score (nSPS) is 21.1. The Hall–Kier alpha value is -0.880. The summed E-state index contributed by atoms with van der Waals surface area (Å²) in [4.78, 5) is 7.96. The van der Waals surface area contributed by atoms with Gasteiger partial charge in [-0.15, -0.1) is 0 Å². The second-order valence-corrected chi connectivity index (χ2v) is 3.92. The van der Waals surface area contributed by atoms with Gasteiger partial charge in [-0.25, -0.2) is 9.97 Å². The van der Waals surface area contributed by atoms with E-state index in [1.807, 2.05) is 0 Å². The Morgan fingerprint density at radius 1 is 1.57 bits per heavy atom. The fourth-order valence-electron chi connectivity index (χ4n) is 1.33. The van der Waals surface area contributed by atoms with E-state index in [2.05, 4.69) is 31.2 Å². The molecule has 14 heavy (non-hydrogen) atoms. The average molecular weight is 259 g/mol. The van der Waals surface area contributed by atoms with Crippen molar-refractivity contribution < 1.29 is 4.74 Å². The zero-order chi connectivity index (χ0) is 9.97. The molecule has 0 radical (unpaired) electrons. The minimum atomic E-state index is 0.320. The van der Waals surface area contributed by atoms with Crippen LogP contribution in [0.4, 0.5) is 11.6 Å². The van der Waals surface area contributed by atoms with Crippen LogP contribution in [0, 0.1) is 0 Å². The van der Waals surface area contributed by atoms with E-state index in [0.29, 0.717) is 16.3 Å². The number of nitrogens with zero attached hydrogens (tertiary/aromatic N) is 2. The third kappa shape index (κ3) is 1.96. The molecule has 0 spiro atoms. The molecule has 1 saturated heterocycles. The Kier molecular flexibility index (Phi) is 2.83. The molecular formula is C8H11BrN4O. The van der Waals surface area contributed by atoms with Crippen LogP contribution in [0.25, 0.3) is 0 Å². The minimum Gasteiger partial charge on any atom is -0.383 e. The van der Waals surface area contributed by atoms with E-state index in [0.717, 1.165) is 25.5 Å². The second-order valence-electron chi connectivity index (χ2n) is 3.13. The number of nitrogens with one attached hydrogen (secondary N) is 1. The first kappa shape index (κ1) is 9.67. The topological polar surface area (TPSA) is 73.1 Å². The summed E-state index contributed by atoms with van der Waals surface area (Å²) in [6.45, 7) is 1.52. The zero-order valence-corrected chi connectivity index (χ0v) is 9.12. The Morgan fingerprint density at radius 3 is 3.14 bits per heavy atom. The van der Waals surface area contributed by atoms with E-state index >= 15 is 0 Å². The molecule has 1 aliphatic rings. The van der Waals surface area contributed by atoms with Crippen LogP contribution in [0.3, 0.4) is 0 Å². The summed E-state index contributed by atoms with van der Waals surface area (Å²) < 4.78 is 5.96. The standard InChI is InChI=1S/C8H11BrN4O/c9-6-7(10)11-4-12-8(6)13-5-1-2-14-3-5/h4-5H,1-3H2,(H3,10,11,12,13). The maximum absolute atomic E-state index is 5.63. The third-order valence-corrected chi connectivity index (χ3v) is 2.87. The predicted molar refractivity (Wildman–Crippen MR) is 57.0 cm³/mol. The fraction of sp³-hybridized carbons (Fsp3) is 0.500. The van der Waals surface area contributed by atoms with Gasteiger partial charge < -0.3 is 15.8 Å². The monoisotopic (exact) mass is 258 g/mol. The Bertz CT molecular complexity index is 327. The van der Waals surface area contributed by atoms with Crippen molar-refractivity contribution in [1.29, 1.82) is 0 Å². The van der Waals surface area contributed by atoms with Gasteiger partial charge in [0.1, 0.15) is 22.4 Å². The molecule has 1 fully saturated rings. The van der Waals surface area contributed by atoms with E-state index < -0.39 is 0 Å². The first-order valence-electron chi connectivity index (χ1n) is 4.37. The smallest absolute Gasteiger partial charge is 0.146 e. The van der Waals surface area contributed by atoms with E-state index in [-0.39, 0.29) is 0 Å². The number of anilines is 2. The molecule has 2 heterocycles. The molecule has 1 unspecified atom stereocenters. The van der Waals surface area contributed by atoms with Crippen LogP contribution < -0.4 is 11.1 Å². The number of halogens is 1. The molecule has 1 aliphatic heterocycles. The number of rotatable bonds is 2. The van der Waals surface area contributed by atoms with E-state index in [1.165, 1.54) is 6.33 Å². The third-order valence-electron chi connectivity index (χ3n) is 2.09. The summed E-state index contributed by atoms with van der Waals surface area (Å²) >= 11 is 3.33. The lowest BCUT2D eigenvalue weighted by Crippen LogP contribution is -2.20. The Balaban J connectivity index is 2.11. The predicted octanol–water partition coefficient (Wildman–Crippen LogP) is 1.02. The van der Waals surface area contributed by atoms with Gasteiger partial charge in [0.05, 0.1) is 12.6 Å². The van der Waals surface area contributed by atoms with Gasteiger partial charge in [-0.3, -0.25) is 0 Å². The average Bonchev–Trinajstić information content (AvgIpc) is 2.66. The van der Waals surface area contributed by atoms with Crippen LogP contribution in [-0.2, 0) is 4.74 Å². The first-order chi connectivity index (χ1) is 6.77. The highest BCUT2D eigenvalue weighted by Crippen LogP contribution is 2.25. The van der Waals surface area contributed by atoms with Crippen molar-refractivity contribution in [3.05, 3.63) is 10.8 Å². The molecule has 0 aromatic carbocycles. The minimum absolute atomic E-state index is 0.320. The lowest BCUT2D eigenvalue weighted by molar-refractivity contribution is 0.195. The molecule has 6 heteroatoms. The number of hydrogen-bond acceptors (Lipinski definition) is 5. The molecule has 3 N–H and O–H groups in total. The van der Waals surface area contributed by atoms with Crippen LogP contribution in [0.1, 0.15) is 6.42 Å². The van der Waals surface area contributed by atoms with Crippen LogP contribution in [0.2, 0.25) is 0 Å². The van der Waals surface area contributed by atoms with Crippen molar-refractivity contribution in [3.8, 4) is 0 Å². The number of ether oxygens (including phenoxy) is 1. The molecule has 1 atom stereocenters. The largest absolute Gasteiger partial charge is 0.383 e. The lowest BCUT2D eigenvalue weighted by atomic mass is 10.2. The summed E-state index contributed by atoms with van der Waals surface area (Å²) in [5.41, 5.74) is 5.63. The molecule has 0 aliphatic carbocycles. The summed E-state index contributed by atoms with van der Waals surface area (Å²) in [5, 5.41) is 3.25. The fourth-order valence-corrected chi connectivity index (χ4v) is 1.65. The van der Waals surface area contributed by atoms with Gasteiger partial charge >= 0.3 is 0 Å². The number of hydrogen-bond donors (Lipinski definition) is 2. The van der Waals surface area contributed by atoms with Crippen molar-refractivity contribution in [2.75, 3.05) is 24.3 Å². The molecule has 5 nitrogen and oxygen atoms in total. The zero-order valence-electron chi connectivity index (χ0n) is 7.53. The lowest BCUT2D eigenvalue weighted by Gasteiger charge is -2.12. The van der Waals surface area contributed by atoms with Crippen LogP contribution >= 0.6 is 15.9 Å².